The minimum atomic E-state index is -4.06. The Morgan fingerprint density at radius 3 is 2.48 bits per heavy atom. The molecule has 4 aromatic rings. The molecule has 1 aromatic carbocycles. The van der Waals surface area contributed by atoms with Gasteiger partial charge < -0.3 is 0 Å². The quantitative estimate of drug-likeness (QED) is 0.308. The lowest BCUT2D eigenvalue weighted by atomic mass is 10.3. The van der Waals surface area contributed by atoms with Crippen LogP contribution in [0, 0.1) is 0 Å². The second-order valence-electron chi connectivity index (χ2n) is 5.93. The van der Waals surface area contributed by atoms with Gasteiger partial charge in [0.1, 0.15) is 5.69 Å². The smallest absolute Gasteiger partial charge is 0.262 e. The fourth-order valence-corrected chi connectivity index (χ4v) is 4.98. The van der Waals surface area contributed by atoms with Crippen LogP contribution in [0.1, 0.15) is 0 Å². The van der Waals surface area contributed by atoms with Crippen molar-refractivity contribution in [3.05, 3.63) is 60.9 Å². The van der Waals surface area contributed by atoms with Crippen molar-refractivity contribution >= 4 is 82.4 Å². The molecule has 160 valence electrons. The Balaban J connectivity index is 1.84. The van der Waals surface area contributed by atoms with Crippen molar-refractivity contribution in [2.45, 2.75) is 4.90 Å². The molecule has 0 fully saturated rings. The number of sulfonamides is 1. The van der Waals surface area contributed by atoms with Gasteiger partial charge >= 0.3 is 0 Å². The van der Waals surface area contributed by atoms with E-state index in [-0.39, 0.29) is 37.2 Å². The van der Waals surface area contributed by atoms with Crippen LogP contribution in [0.2, 0.25) is 15.1 Å². The molecule has 31 heavy (non-hydrogen) atoms. The molecule has 2 N–H and O–H groups in total. The van der Waals surface area contributed by atoms with E-state index in [4.69, 9.17) is 34.8 Å². The standard InChI is InChI=1S/C16H8Br2Cl3N7O2S/c17-9-6-23-24-14(9)28-15(25-26-16(28)18)13-12(3-7(19)5-22-13)27-31(29,30)8-1-2-10(20)11(21)4-8/h1-6,27H,(H,23,24). The Bertz CT molecular complexity index is 1410. The SMILES string of the molecule is O=S(=O)(Nc1cc(Cl)cnc1-c1nnc(Br)n1-c1[nH]ncc1Br)c1ccc(Cl)c(Cl)c1. The number of hydrogen-bond acceptors (Lipinski definition) is 6. The molecule has 15 heteroatoms. The number of aromatic amines is 1. The van der Waals surface area contributed by atoms with Crippen LogP contribution in [0.15, 0.2) is 50.8 Å². The van der Waals surface area contributed by atoms with Crippen LogP contribution in [0.25, 0.3) is 17.3 Å². The average Bonchev–Trinajstić information content (AvgIpc) is 3.28. The lowest BCUT2D eigenvalue weighted by Crippen LogP contribution is -2.15. The topological polar surface area (TPSA) is 118 Å². The number of H-pyrrole nitrogens is 1. The normalized spacial score (nSPS) is 11.6. The summed E-state index contributed by atoms with van der Waals surface area (Å²) in [6.45, 7) is 0. The summed E-state index contributed by atoms with van der Waals surface area (Å²) in [5.74, 6) is 0.724. The molecule has 0 saturated heterocycles. The maximum absolute atomic E-state index is 13.0. The van der Waals surface area contributed by atoms with Crippen LogP contribution >= 0.6 is 66.7 Å². The maximum atomic E-state index is 13.0. The minimum Gasteiger partial charge on any atom is -0.277 e. The van der Waals surface area contributed by atoms with E-state index in [1.165, 1.54) is 30.5 Å². The molecule has 0 amide bonds. The highest BCUT2D eigenvalue weighted by Gasteiger charge is 2.24. The number of benzene rings is 1. The van der Waals surface area contributed by atoms with Gasteiger partial charge in [-0.15, -0.1) is 10.2 Å². The summed E-state index contributed by atoms with van der Waals surface area (Å²) in [5, 5.41) is 15.4. The zero-order valence-electron chi connectivity index (χ0n) is 14.8. The van der Waals surface area contributed by atoms with Gasteiger partial charge in [0.2, 0.25) is 4.73 Å². The number of halogens is 5. The van der Waals surface area contributed by atoms with Gasteiger partial charge in [0.05, 0.1) is 36.3 Å². The van der Waals surface area contributed by atoms with Crippen molar-refractivity contribution in [2.24, 2.45) is 0 Å². The van der Waals surface area contributed by atoms with Gasteiger partial charge in [0.15, 0.2) is 11.6 Å². The second kappa shape index (κ2) is 8.68. The zero-order chi connectivity index (χ0) is 22.3. The number of nitrogens with zero attached hydrogens (tertiary/aromatic N) is 5. The van der Waals surface area contributed by atoms with Crippen LogP contribution in [-0.2, 0) is 10.0 Å². The molecule has 0 aliphatic heterocycles. The van der Waals surface area contributed by atoms with E-state index in [0.717, 1.165) is 0 Å². The first kappa shape index (κ1) is 22.5. The summed E-state index contributed by atoms with van der Waals surface area (Å²) in [6.07, 6.45) is 2.91. The molecule has 0 aliphatic carbocycles. The molecule has 0 bridgehead atoms. The van der Waals surface area contributed by atoms with Crippen LogP contribution in [0.5, 0.6) is 0 Å². The Morgan fingerprint density at radius 2 is 1.81 bits per heavy atom. The predicted octanol–water partition coefficient (Wildman–Crippen LogP) is 5.34. The minimum absolute atomic E-state index is 0.0790. The van der Waals surface area contributed by atoms with Gasteiger partial charge in [-0.2, -0.15) is 5.10 Å². The van der Waals surface area contributed by atoms with E-state index in [9.17, 15) is 8.42 Å². The van der Waals surface area contributed by atoms with E-state index in [2.05, 4.69) is 62.0 Å². The third kappa shape index (κ3) is 4.45. The van der Waals surface area contributed by atoms with Crippen molar-refractivity contribution in [1.82, 2.24) is 29.9 Å². The van der Waals surface area contributed by atoms with Gasteiger partial charge in [-0.25, -0.2) is 13.4 Å². The molecule has 0 radical (unpaired) electrons. The van der Waals surface area contributed by atoms with E-state index in [0.29, 0.717) is 15.0 Å². The number of pyridine rings is 1. The lowest BCUT2D eigenvalue weighted by Gasteiger charge is -2.13. The van der Waals surface area contributed by atoms with Crippen molar-refractivity contribution in [3.8, 4) is 17.3 Å². The molecular formula is C16H8Br2Cl3N7O2S. The summed E-state index contributed by atoms with van der Waals surface area (Å²) in [7, 11) is -4.06. The number of nitrogens with one attached hydrogen (secondary N) is 2. The highest BCUT2D eigenvalue weighted by molar-refractivity contribution is 9.10. The van der Waals surface area contributed by atoms with E-state index >= 15 is 0 Å². The molecule has 9 nitrogen and oxygen atoms in total. The Hall–Kier alpha value is -1.70. The molecule has 3 heterocycles. The summed E-state index contributed by atoms with van der Waals surface area (Å²) < 4.78 is 30.9. The fourth-order valence-electron chi connectivity index (χ4n) is 2.58. The zero-order valence-corrected chi connectivity index (χ0v) is 21.1. The maximum Gasteiger partial charge on any atom is 0.262 e. The summed E-state index contributed by atoms with van der Waals surface area (Å²) in [6, 6.07) is 5.37. The largest absolute Gasteiger partial charge is 0.277 e. The van der Waals surface area contributed by atoms with Crippen LogP contribution in [-0.4, -0.2) is 38.4 Å². The van der Waals surface area contributed by atoms with Crippen LogP contribution in [0.3, 0.4) is 0 Å². The number of aromatic nitrogens is 6. The molecule has 4 rings (SSSR count). The van der Waals surface area contributed by atoms with Crippen molar-refractivity contribution in [3.63, 3.8) is 0 Å². The third-order valence-corrected chi connectivity index (χ3v) is 7.34. The highest BCUT2D eigenvalue weighted by Crippen LogP contribution is 2.34. The molecular weight excluding hydrogens is 620 g/mol. The fraction of sp³-hybridized carbons (Fsp3) is 0. The Morgan fingerprint density at radius 1 is 1.03 bits per heavy atom. The average molecular weight is 629 g/mol. The van der Waals surface area contributed by atoms with Crippen LogP contribution < -0.4 is 4.72 Å². The monoisotopic (exact) mass is 625 g/mol. The number of anilines is 1. The van der Waals surface area contributed by atoms with Crippen molar-refractivity contribution < 1.29 is 8.42 Å². The lowest BCUT2D eigenvalue weighted by molar-refractivity contribution is 0.601. The van der Waals surface area contributed by atoms with E-state index in [1.807, 2.05) is 0 Å². The first-order valence-electron chi connectivity index (χ1n) is 8.11. The second-order valence-corrected chi connectivity index (χ2v) is 10.4. The Labute approximate surface area is 207 Å². The van der Waals surface area contributed by atoms with Gasteiger partial charge in [-0.05, 0) is 56.1 Å². The Kier molecular flexibility index (Phi) is 6.30. The third-order valence-electron chi connectivity index (χ3n) is 3.93. The van der Waals surface area contributed by atoms with Crippen LogP contribution in [0.4, 0.5) is 5.69 Å². The van der Waals surface area contributed by atoms with Gasteiger partial charge in [0.25, 0.3) is 10.0 Å². The van der Waals surface area contributed by atoms with Gasteiger partial charge in [-0.1, -0.05) is 34.8 Å². The van der Waals surface area contributed by atoms with Crippen molar-refractivity contribution in [1.29, 1.82) is 0 Å². The molecule has 0 saturated carbocycles. The highest BCUT2D eigenvalue weighted by atomic mass is 79.9. The van der Waals surface area contributed by atoms with Crippen molar-refractivity contribution in [2.75, 3.05) is 4.72 Å². The molecule has 0 unspecified atom stereocenters. The molecule has 0 aliphatic rings. The first-order chi connectivity index (χ1) is 14.7. The van der Waals surface area contributed by atoms with Gasteiger partial charge in [0, 0.05) is 6.20 Å². The molecule has 0 atom stereocenters. The summed E-state index contributed by atoms with van der Waals surface area (Å²) >= 11 is 24.7. The number of hydrogen-bond donors (Lipinski definition) is 2. The predicted molar refractivity (Wildman–Crippen MR) is 124 cm³/mol. The number of rotatable bonds is 5. The van der Waals surface area contributed by atoms with E-state index in [1.54, 1.807) is 10.8 Å². The molecule has 0 spiro atoms. The summed E-state index contributed by atoms with van der Waals surface area (Å²) in [5.41, 5.74) is 0.253. The first-order valence-corrected chi connectivity index (χ1v) is 12.3. The summed E-state index contributed by atoms with van der Waals surface area (Å²) in [4.78, 5) is 4.18. The molecule has 3 aromatic heterocycles. The van der Waals surface area contributed by atoms with Gasteiger partial charge in [-0.3, -0.25) is 14.4 Å². The van der Waals surface area contributed by atoms with E-state index < -0.39 is 10.0 Å².